The van der Waals surface area contributed by atoms with Crippen LogP contribution in [0.25, 0.3) is 0 Å². The van der Waals surface area contributed by atoms with E-state index < -0.39 is 6.09 Å². The average Bonchev–Trinajstić information content (AvgIpc) is 2.41. The van der Waals surface area contributed by atoms with Gasteiger partial charge in [0, 0.05) is 39.8 Å². The molecule has 1 amide bonds. The fourth-order valence-electron chi connectivity index (χ4n) is 3.04. The number of rotatable bonds is 3. The van der Waals surface area contributed by atoms with Crippen LogP contribution in [0.15, 0.2) is 18.2 Å². The van der Waals surface area contributed by atoms with Gasteiger partial charge in [-0.3, -0.25) is 4.90 Å². The van der Waals surface area contributed by atoms with E-state index in [2.05, 4.69) is 11.0 Å². The van der Waals surface area contributed by atoms with Crippen molar-refractivity contribution in [2.24, 2.45) is 0 Å². The van der Waals surface area contributed by atoms with E-state index in [1.54, 1.807) is 7.11 Å². The number of carbonyl (C=O) groups is 1. The van der Waals surface area contributed by atoms with Gasteiger partial charge in [0.1, 0.15) is 0 Å². The zero-order chi connectivity index (χ0) is 14.1. The highest BCUT2D eigenvalue weighted by Crippen LogP contribution is 2.25. The fraction of sp³-hybridized carbons (Fsp3) is 0.533. The van der Waals surface area contributed by atoms with E-state index in [0.29, 0.717) is 19.2 Å². The molecule has 0 unspecified atom stereocenters. The smallest absolute Gasteiger partial charge is 0.407 e. The molecule has 0 bridgehead atoms. The molecule has 5 heteroatoms. The molecular formula is C15H20N2O3. The van der Waals surface area contributed by atoms with Gasteiger partial charge in [0.25, 0.3) is 0 Å². The maximum atomic E-state index is 11.1. The van der Waals surface area contributed by atoms with Crippen molar-refractivity contribution >= 4 is 6.09 Å². The van der Waals surface area contributed by atoms with Gasteiger partial charge in [-0.05, 0) is 23.1 Å². The Bertz CT molecular complexity index is 512. The molecule has 0 spiro atoms. The number of nitrogens with zero attached hydrogens (tertiary/aromatic N) is 2. The van der Waals surface area contributed by atoms with E-state index in [1.165, 1.54) is 16.0 Å². The SMILES string of the molecule is COC1CN(Cc2cccc3c2CCN(C(=O)O)C3)C1. The van der Waals surface area contributed by atoms with Crippen molar-refractivity contribution < 1.29 is 14.6 Å². The number of hydrogen-bond acceptors (Lipinski definition) is 3. The summed E-state index contributed by atoms with van der Waals surface area (Å²) < 4.78 is 5.29. The van der Waals surface area contributed by atoms with Gasteiger partial charge in [0.15, 0.2) is 0 Å². The van der Waals surface area contributed by atoms with Crippen molar-refractivity contribution in [3.05, 3.63) is 34.9 Å². The Morgan fingerprint density at radius 1 is 1.45 bits per heavy atom. The number of likely N-dealkylation sites (tertiary alicyclic amines) is 1. The Hall–Kier alpha value is -1.59. The minimum Gasteiger partial charge on any atom is -0.465 e. The Morgan fingerprint density at radius 2 is 2.25 bits per heavy atom. The molecule has 0 radical (unpaired) electrons. The van der Waals surface area contributed by atoms with Gasteiger partial charge >= 0.3 is 6.09 Å². The molecule has 20 heavy (non-hydrogen) atoms. The van der Waals surface area contributed by atoms with Crippen LogP contribution in [-0.4, -0.2) is 53.8 Å². The van der Waals surface area contributed by atoms with Gasteiger partial charge in [-0.15, -0.1) is 0 Å². The van der Waals surface area contributed by atoms with Crippen molar-refractivity contribution in [1.82, 2.24) is 9.80 Å². The number of methoxy groups -OCH3 is 1. The summed E-state index contributed by atoms with van der Waals surface area (Å²) >= 11 is 0. The topological polar surface area (TPSA) is 53.0 Å². The molecule has 108 valence electrons. The minimum absolute atomic E-state index is 0.372. The molecule has 1 saturated heterocycles. The maximum Gasteiger partial charge on any atom is 0.407 e. The van der Waals surface area contributed by atoms with Gasteiger partial charge in [0.05, 0.1) is 6.10 Å². The van der Waals surface area contributed by atoms with Crippen LogP contribution in [0.1, 0.15) is 16.7 Å². The Labute approximate surface area is 118 Å². The molecule has 5 nitrogen and oxygen atoms in total. The second kappa shape index (κ2) is 5.42. The summed E-state index contributed by atoms with van der Waals surface area (Å²) in [6, 6.07) is 6.24. The standard InChI is InChI=1S/C15H20N2O3/c1-20-13-9-16(10-13)7-11-3-2-4-12-8-17(15(18)19)6-5-14(11)12/h2-4,13H,5-10H2,1H3,(H,18,19). The molecule has 1 aromatic carbocycles. The van der Waals surface area contributed by atoms with Crippen molar-refractivity contribution in [2.45, 2.75) is 25.6 Å². The molecule has 3 rings (SSSR count). The second-order valence-electron chi connectivity index (χ2n) is 5.56. The van der Waals surface area contributed by atoms with E-state index in [1.807, 2.05) is 12.1 Å². The van der Waals surface area contributed by atoms with Crippen LogP contribution in [0.5, 0.6) is 0 Å². The lowest BCUT2D eigenvalue weighted by atomic mass is 9.93. The quantitative estimate of drug-likeness (QED) is 0.910. The Kier molecular flexibility index (Phi) is 3.63. The zero-order valence-corrected chi connectivity index (χ0v) is 11.7. The first kappa shape index (κ1) is 13.4. The summed E-state index contributed by atoms with van der Waals surface area (Å²) in [4.78, 5) is 14.9. The number of carboxylic acid groups (broad SMARTS) is 1. The number of amides is 1. The van der Waals surface area contributed by atoms with Gasteiger partial charge in [-0.2, -0.15) is 0 Å². The monoisotopic (exact) mass is 276 g/mol. The minimum atomic E-state index is -0.827. The first-order chi connectivity index (χ1) is 9.67. The predicted molar refractivity (Wildman–Crippen MR) is 74.7 cm³/mol. The highest BCUT2D eigenvalue weighted by atomic mass is 16.5. The Morgan fingerprint density at radius 3 is 2.95 bits per heavy atom. The first-order valence-corrected chi connectivity index (χ1v) is 7.00. The van der Waals surface area contributed by atoms with Gasteiger partial charge in [-0.1, -0.05) is 18.2 Å². The molecule has 0 aromatic heterocycles. The summed E-state index contributed by atoms with van der Waals surface area (Å²) in [7, 11) is 1.76. The lowest BCUT2D eigenvalue weighted by Crippen LogP contribution is -2.51. The van der Waals surface area contributed by atoms with E-state index in [9.17, 15) is 4.79 Å². The molecule has 1 fully saturated rings. The zero-order valence-electron chi connectivity index (χ0n) is 11.7. The molecule has 0 aliphatic carbocycles. The van der Waals surface area contributed by atoms with Crippen LogP contribution >= 0.6 is 0 Å². The maximum absolute atomic E-state index is 11.1. The molecule has 1 N–H and O–H groups in total. The molecule has 0 saturated carbocycles. The van der Waals surface area contributed by atoms with E-state index in [4.69, 9.17) is 9.84 Å². The van der Waals surface area contributed by atoms with Gasteiger partial charge in [0.2, 0.25) is 0 Å². The summed E-state index contributed by atoms with van der Waals surface area (Å²) in [6.45, 7) is 4.03. The van der Waals surface area contributed by atoms with E-state index in [-0.39, 0.29) is 0 Å². The predicted octanol–water partition coefficient (Wildman–Crippen LogP) is 1.55. The van der Waals surface area contributed by atoms with Gasteiger partial charge in [-0.25, -0.2) is 4.79 Å². The molecule has 0 atom stereocenters. The summed E-state index contributed by atoms with van der Waals surface area (Å²) in [5.41, 5.74) is 3.83. The normalized spacial score (nSPS) is 19.6. The summed E-state index contributed by atoms with van der Waals surface area (Å²) in [6.07, 6.45) is 0.364. The van der Waals surface area contributed by atoms with E-state index in [0.717, 1.165) is 31.6 Å². The number of benzene rings is 1. The number of ether oxygens (including phenoxy) is 1. The molecular weight excluding hydrogens is 256 g/mol. The summed E-state index contributed by atoms with van der Waals surface area (Å²) in [5, 5.41) is 9.09. The average molecular weight is 276 g/mol. The summed E-state index contributed by atoms with van der Waals surface area (Å²) in [5.74, 6) is 0. The van der Waals surface area contributed by atoms with Gasteiger partial charge < -0.3 is 14.7 Å². The van der Waals surface area contributed by atoms with Crippen molar-refractivity contribution in [2.75, 3.05) is 26.7 Å². The van der Waals surface area contributed by atoms with Crippen LogP contribution in [0.2, 0.25) is 0 Å². The third-order valence-electron chi connectivity index (χ3n) is 4.28. The van der Waals surface area contributed by atoms with Crippen molar-refractivity contribution in [1.29, 1.82) is 0 Å². The van der Waals surface area contributed by atoms with Crippen LogP contribution < -0.4 is 0 Å². The van der Waals surface area contributed by atoms with Crippen LogP contribution in [0.4, 0.5) is 4.79 Å². The molecule has 2 aliphatic rings. The lowest BCUT2D eigenvalue weighted by Gasteiger charge is -2.39. The molecule has 2 heterocycles. The van der Waals surface area contributed by atoms with E-state index >= 15 is 0 Å². The fourth-order valence-corrected chi connectivity index (χ4v) is 3.04. The van der Waals surface area contributed by atoms with Crippen molar-refractivity contribution in [3.63, 3.8) is 0 Å². The van der Waals surface area contributed by atoms with Crippen LogP contribution in [-0.2, 0) is 24.2 Å². The highest BCUT2D eigenvalue weighted by Gasteiger charge is 2.28. The molecule has 1 aromatic rings. The first-order valence-electron chi connectivity index (χ1n) is 7.00. The van der Waals surface area contributed by atoms with Crippen LogP contribution in [0.3, 0.4) is 0 Å². The molecule has 2 aliphatic heterocycles. The second-order valence-corrected chi connectivity index (χ2v) is 5.56. The largest absolute Gasteiger partial charge is 0.465 e. The highest BCUT2D eigenvalue weighted by molar-refractivity contribution is 5.65. The number of fused-ring (bicyclic) bond motifs is 1. The van der Waals surface area contributed by atoms with Crippen molar-refractivity contribution in [3.8, 4) is 0 Å². The van der Waals surface area contributed by atoms with Crippen LogP contribution in [0, 0.1) is 0 Å². The number of hydrogen-bond donors (Lipinski definition) is 1. The third kappa shape index (κ3) is 2.51. The Balaban J connectivity index is 1.71. The third-order valence-corrected chi connectivity index (χ3v) is 4.28. The lowest BCUT2D eigenvalue weighted by molar-refractivity contribution is -0.0335.